The molecule has 3 aromatic rings. The Hall–Kier alpha value is -2.99. The number of rotatable bonds is 4. The van der Waals surface area contributed by atoms with Crippen LogP contribution in [0.4, 0.5) is 11.5 Å². The first-order valence-corrected chi connectivity index (χ1v) is 9.64. The summed E-state index contributed by atoms with van der Waals surface area (Å²) in [4.78, 5) is 21.5. The molecule has 0 spiro atoms. The number of pyridine rings is 1. The average molecular weight is 392 g/mol. The monoisotopic (exact) mass is 391 g/mol. The highest BCUT2D eigenvalue weighted by Crippen LogP contribution is 2.39. The first-order chi connectivity index (χ1) is 13.6. The molecule has 1 saturated carbocycles. The zero-order valence-electron chi connectivity index (χ0n) is 15.3. The molecule has 2 aliphatic rings. The molecule has 1 aromatic carbocycles. The van der Waals surface area contributed by atoms with E-state index in [4.69, 9.17) is 11.6 Å². The smallest absolute Gasteiger partial charge is 0.276 e. The van der Waals surface area contributed by atoms with E-state index in [2.05, 4.69) is 31.6 Å². The van der Waals surface area contributed by atoms with Crippen LogP contribution < -0.4 is 5.32 Å². The van der Waals surface area contributed by atoms with Gasteiger partial charge in [0.1, 0.15) is 0 Å². The van der Waals surface area contributed by atoms with Crippen LogP contribution >= 0.6 is 11.6 Å². The predicted octanol–water partition coefficient (Wildman–Crippen LogP) is 4.57. The number of anilines is 1. The largest absolute Gasteiger partial charge is 0.321 e. The number of hydrogen-bond donors (Lipinski definition) is 2. The third kappa shape index (κ3) is 3.20. The van der Waals surface area contributed by atoms with Crippen LogP contribution in [0.3, 0.4) is 0 Å². The Balaban J connectivity index is 1.38. The van der Waals surface area contributed by atoms with Gasteiger partial charge in [0.05, 0.1) is 5.71 Å². The van der Waals surface area contributed by atoms with Gasteiger partial charge in [-0.2, -0.15) is 5.10 Å². The van der Waals surface area contributed by atoms with E-state index in [1.54, 1.807) is 12.1 Å². The summed E-state index contributed by atoms with van der Waals surface area (Å²) in [5.41, 5.74) is 5.92. The zero-order valence-corrected chi connectivity index (χ0v) is 16.0. The number of H-pyrrole nitrogens is 1. The van der Waals surface area contributed by atoms with Crippen molar-refractivity contribution in [1.29, 1.82) is 0 Å². The number of fused-ring (bicyclic) bond motifs is 1. The second-order valence-corrected chi connectivity index (χ2v) is 7.77. The molecule has 2 aromatic heterocycles. The van der Waals surface area contributed by atoms with E-state index in [1.807, 2.05) is 25.3 Å². The molecule has 7 heteroatoms. The Kier molecular flexibility index (Phi) is 4.02. The van der Waals surface area contributed by atoms with Crippen molar-refractivity contribution < 1.29 is 4.79 Å². The molecule has 140 valence electrons. The van der Waals surface area contributed by atoms with E-state index in [9.17, 15) is 4.79 Å². The van der Waals surface area contributed by atoms with E-state index in [0.717, 1.165) is 46.8 Å². The Morgan fingerprint density at radius 3 is 2.93 bits per heavy atom. The summed E-state index contributed by atoms with van der Waals surface area (Å²) < 4.78 is 0. The van der Waals surface area contributed by atoms with Crippen LogP contribution in [0.15, 0.2) is 41.5 Å². The van der Waals surface area contributed by atoms with Gasteiger partial charge in [0, 0.05) is 46.1 Å². The molecule has 0 saturated heterocycles. The fourth-order valence-electron chi connectivity index (χ4n) is 3.43. The SMILES string of the molecule is Cc1cnc2c(c1)CC(c1cc(NC(=O)c3cc(C4CC4)[nH]n3)ccc1Cl)=N2. The van der Waals surface area contributed by atoms with Crippen LogP contribution in [0, 0.1) is 6.92 Å². The maximum Gasteiger partial charge on any atom is 0.276 e. The number of carbonyl (C=O) groups is 1. The van der Waals surface area contributed by atoms with Gasteiger partial charge in [-0.3, -0.25) is 9.89 Å². The number of nitrogens with one attached hydrogen (secondary N) is 2. The zero-order chi connectivity index (χ0) is 19.3. The third-order valence-electron chi connectivity index (χ3n) is 5.06. The van der Waals surface area contributed by atoms with Crippen LogP contribution in [0.25, 0.3) is 0 Å². The molecule has 0 unspecified atom stereocenters. The molecule has 0 radical (unpaired) electrons. The number of aliphatic imine (C=N–C) groups is 1. The molecular formula is C21H18ClN5O. The fraction of sp³-hybridized carbons (Fsp3) is 0.238. The van der Waals surface area contributed by atoms with Gasteiger partial charge in [-0.1, -0.05) is 17.7 Å². The standard InChI is InChI=1S/C21H18ClN5O/c1-11-6-13-7-18(25-20(13)23-10-11)15-8-14(4-5-16(15)22)24-21(28)19-9-17(26-27-19)12-2-3-12/h4-6,8-10,12H,2-3,7H2,1H3,(H,24,28)(H,26,27). The molecule has 1 aliphatic heterocycles. The van der Waals surface area contributed by atoms with E-state index >= 15 is 0 Å². The van der Waals surface area contributed by atoms with Crippen molar-refractivity contribution >= 4 is 34.7 Å². The summed E-state index contributed by atoms with van der Waals surface area (Å²) in [7, 11) is 0. The highest BCUT2D eigenvalue weighted by molar-refractivity contribution is 6.34. The second kappa shape index (κ2) is 6.56. The third-order valence-corrected chi connectivity index (χ3v) is 5.39. The van der Waals surface area contributed by atoms with Crippen molar-refractivity contribution in [2.24, 2.45) is 4.99 Å². The van der Waals surface area contributed by atoms with Crippen LogP contribution in [0.5, 0.6) is 0 Å². The molecule has 28 heavy (non-hydrogen) atoms. The van der Waals surface area contributed by atoms with Crippen molar-refractivity contribution in [2.75, 3.05) is 5.32 Å². The highest BCUT2D eigenvalue weighted by atomic mass is 35.5. The number of benzene rings is 1. The molecule has 1 aliphatic carbocycles. The first-order valence-electron chi connectivity index (χ1n) is 9.26. The first kappa shape index (κ1) is 17.1. The van der Waals surface area contributed by atoms with Gasteiger partial charge >= 0.3 is 0 Å². The summed E-state index contributed by atoms with van der Waals surface area (Å²) in [6.45, 7) is 2.01. The summed E-state index contributed by atoms with van der Waals surface area (Å²) in [5, 5.41) is 10.6. The number of aromatic nitrogens is 3. The van der Waals surface area contributed by atoms with Gasteiger partial charge < -0.3 is 5.32 Å². The summed E-state index contributed by atoms with van der Waals surface area (Å²) in [6, 6.07) is 9.33. The van der Waals surface area contributed by atoms with Gasteiger partial charge in [0.15, 0.2) is 11.5 Å². The predicted molar refractivity (Wildman–Crippen MR) is 109 cm³/mol. The quantitative estimate of drug-likeness (QED) is 0.683. The number of carbonyl (C=O) groups excluding carboxylic acids is 1. The maximum atomic E-state index is 12.5. The Labute approximate surface area is 167 Å². The van der Waals surface area contributed by atoms with E-state index in [1.165, 1.54) is 0 Å². The van der Waals surface area contributed by atoms with E-state index in [-0.39, 0.29) is 5.91 Å². The maximum absolute atomic E-state index is 12.5. The number of nitrogens with zero attached hydrogens (tertiary/aromatic N) is 3. The highest BCUT2D eigenvalue weighted by Gasteiger charge is 2.26. The molecular weight excluding hydrogens is 374 g/mol. The Morgan fingerprint density at radius 1 is 1.25 bits per heavy atom. The molecule has 3 heterocycles. The van der Waals surface area contributed by atoms with Crippen LogP contribution in [-0.4, -0.2) is 26.8 Å². The van der Waals surface area contributed by atoms with Crippen LogP contribution in [0.2, 0.25) is 5.02 Å². The number of amides is 1. The van der Waals surface area contributed by atoms with Crippen molar-refractivity contribution in [3.8, 4) is 0 Å². The summed E-state index contributed by atoms with van der Waals surface area (Å²) >= 11 is 6.42. The lowest BCUT2D eigenvalue weighted by molar-refractivity contribution is 0.102. The van der Waals surface area contributed by atoms with Crippen molar-refractivity contribution in [3.05, 3.63) is 69.6 Å². The Bertz CT molecular complexity index is 1130. The average Bonchev–Trinajstić information content (AvgIpc) is 3.25. The molecule has 5 rings (SSSR count). The second-order valence-electron chi connectivity index (χ2n) is 7.36. The summed E-state index contributed by atoms with van der Waals surface area (Å²) in [5.74, 6) is 1.01. The minimum atomic E-state index is -0.245. The number of aromatic amines is 1. The normalized spacial score (nSPS) is 15.3. The number of aryl methyl sites for hydroxylation is 1. The molecule has 2 N–H and O–H groups in total. The lowest BCUT2D eigenvalue weighted by atomic mass is 10.0. The molecule has 1 fully saturated rings. The number of halogens is 1. The van der Waals surface area contributed by atoms with Crippen molar-refractivity contribution in [3.63, 3.8) is 0 Å². The summed E-state index contributed by atoms with van der Waals surface area (Å²) in [6.07, 6.45) is 4.79. The van der Waals surface area contributed by atoms with Gasteiger partial charge in [0.25, 0.3) is 5.91 Å². The molecule has 6 nitrogen and oxygen atoms in total. The molecule has 0 atom stereocenters. The van der Waals surface area contributed by atoms with Crippen LogP contribution in [-0.2, 0) is 6.42 Å². The minimum Gasteiger partial charge on any atom is -0.321 e. The van der Waals surface area contributed by atoms with Crippen molar-refractivity contribution in [2.45, 2.75) is 32.1 Å². The lowest BCUT2D eigenvalue weighted by Crippen LogP contribution is -2.13. The lowest BCUT2D eigenvalue weighted by Gasteiger charge is -2.08. The van der Waals surface area contributed by atoms with E-state index < -0.39 is 0 Å². The molecule has 1 amide bonds. The minimum absolute atomic E-state index is 0.245. The molecule has 0 bridgehead atoms. The Morgan fingerprint density at radius 2 is 2.11 bits per heavy atom. The topological polar surface area (TPSA) is 83.0 Å². The van der Waals surface area contributed by atoms with Gasteiger partial charge in [0.2, 0.25) is 0 Å². The van der Waals surface area contributed by atoms with Gasteiger partial charge in [-0.05, 0) is 49.6 Å². The van der Waals surface area contributed by atoms with Gasteiger partial charge in [-0.25, -0.2) is 9.98 Å². The van der Waals surface area contributed by atoms with E-state index in [0.29, 0.717) is 28.7 Å². The van der Waals surface area contributed by atoms with Gasteiger partial charge in [-0.15, -0.1) is 0 Å². The van der Waals surface area contributed by atoms with Crippen molar-refractivity contribution in [1.82, 2.24) is 15.2 Å². The fourth-order valence-corrected chi connectivity index (χ4v) is 3.66. The number of hydrogen-bond acceptors (Lipinski definition) is 4. The van der Waals surface area contributed by atoms with Crippen LogP contribution in [0.1, 0.15) is 51.6 Å².